The van der Waals surface area contributed by atoms with E-state index < -0.39 is 5.97 Å². The van der Waals surface area contributed by atoms with Gasteiger partial charge in [-0.15, -0.1) is 0 Å². The molecule has 0 unspecified atom stereocenters. The van der Waals surface area contributed by atoms with Crippen LogP contribution in [0.5, 0.6) is 11.5 Å². The van der Waals surface area contributed by atoms with Crippen molar-refractivity contribution in [1.82, 2.24) is 5.32 Å². The number of benzene rings is 3. The zero-order valence-corrected chi connectivity index (χ0v) is 18.7. The number of nitrogens with one attached hydrogen (secondary N) is 1. The SMILES string of the molecule is COc1ccc(CCNC(=O)COC(=O)C(=Cc2ccccc2OC)c2ccccc2)cc1. The van der Waals surface area contributed by atoms with Gasteiger partial charge in [0.25, 0.3) is 5.91 Å². The van der Waals surface area contributed by atoms with E-state index in [-0.39, 0.29) is 12.5 Å². The number of hydrogen-bond donors (Lipinski definition) is 1. The van der Waals surface area contributed by atoms with Crippen molar-refractivity contribution in [3.63, 3.8) is 0 Å². The molecular formula is C27H27NO5. The number of carbonyl (C=O) groups excluding carboxylic acids is 2. The van der Waals surface area contributed by atoms with E-state index >= 15 is 0 Å². The monoisotopic (exact) mass is 445 g/mol. The first kappa shape index (κ1) is 23.6. The second kappa shape index (κ2) is 12.1. The summed E-state index contributed by atoms with van der Waals surface area (Å²) >= 11 is 0. The number of ether oxygens (including phenoxy) is 3. The number of carbonyl (C=O) groups is 2. The van der Waals surface area contributed by atoms with Crippen molar-refractivity contribution in [2.75, 3.05) is 27.4 Å². The summed E-state index contributed by atoms with van der Waals surface area (Å²) in [5.74, 6) is 0.471. The quantitative estimate of drug-likeness (QED) is 0.288. The summed E-state index contributed by atoms with van der Waals surface area (Å²) in [5.41, 5.74) is 2.83. The molecule has 0 aliphatic heterocycles. The minimum Gasteiger partial charge on any atom is -0.497 e. The van der Waals surface area contributed by atoms with Gasteiger partial charge in [-0.2, -0.15) is 0 Å². The van der Waals surface area contributed by atoms with Gasteiger partial charge in [0.05, 0.1) is 19.8 Å². The standard InChI is InChI=1S/C27H27NO5/c1-31-23-14-12-20(13-15-23)16-17-28-26(29)19-33-27(30)24(21-8-4-3-5-9-21)18-22-10-6-7-11-25(22)32-2/h3-15,18H,16-17,19H2,1-2H3,(H,28,29). The van der Waals surface area contributed by atoms with Crippen LogP contribution in [0.1, 0.15) is 16.7 Å². The maximum Gasteiger partial charge on any atom is 0.339 e. The normalized spacial score (nSPS) is 10.9. The van der Waals surface area contributed by atoms with Crippen LogP contribution >= 0.6 is 0 Å². The Kier molecular flexibility index (Phi) is 8.65. The van der Waals surface area contributed by atoms with Crippen LogP contribution in [0.2, 0.25) is 0 Å². The molecule has 3 aromatic carbocycles. The molecule has 1 amide bonds. The number of esters is 1. The third-order valence-corrected chi connectivity index (χ3v) is 4.97. The van der Waals surface area contributed by atoms with E-state index in [2.05, 4.69) is 5.32 Å². The van der Waals surface area contributed by atoms with Gasteiger partial charge in [0.1, 0.15) is 11.5 Å². The summed E-state index contributed by atoms with van der Waals surface area (Å²) in [6.07, 6.45) is 2.37. The number of hydrogen-bond acceptors (Lipinski definition) is 5. The van der Waals surface area contributed by atoms with E-state index in [1.165, 1.54) is 0 Å². The molecule has 170 valence electrons. The van der Waals surface area contributed by atoms with Crippen LogP contribution in [0.25, 0.3) is 11.6 Å². The average molecular weight is 446 g/mol. The molecule has 0 bridgehead atoms. The Labute approximate surface area is 193 Å². The highest BCUT2D eigenvalue weighted by molar-refractivity contribution is 6.22. The fourth-order valence-corrected chi connectivity index (χ4v) is 3.22. The molecule has 0 atom stereocenters. The number of amides is 1. The van der Waals surface area contributed by atoms with Gasteiger partial charge in [-0.25, -0.2) is 4.79 Å². The van der Waals surface area contributed by atoms with E-state index in [9.17, 15) is 9.59 Å². The van der Waals surface area contributed by atoms with Crippen molar-refractivity contribution in [3.8, 4) is 11.5 Å². The first-order valence-corrected chi connectivity index (χ1v) is 10.6. The third kappa shape index (κ3) is 6.97. The van der Waals surface area contributed by atoms with Crippen LogP contribution in [-0.2, 0) is 20.7 Å². The zero-order chi connectivity index (χ0) is 23.5. The molecule has 0 saturated carbocycles. The van der Waals surface area contributed by atoms with Crippen LogP contribution in [0.4, 0.5) is 0 Å². The minimum atomic E-state index is -0.586. The lowest BCUT2D eigenvalue weighted by molar-refractivity contribution is -0.142. The van der Waals surface area contributed by atoms with Crippen molar-refractivity contribution >= 4 is 23.5 Å². The van der Waals surface area contributed by atoms with Gasteiger partial charge < -0.3 is 19.5 Å². The maximum absolute atomic E-state index is 12.9. The van der Waals surface area contributed by atoms with Crippen molar-refractivity contribution in [3.05, 3.63) is 95.6 Å². The van der Waals surface area contributed by atoms with E-state index in [1.807, 2.05) is 78.9 Å². The van der Waals surface area contributed by atoms with Crippen LogP contribution in [0.3, 0.4) is 0 Å². The highest BCUT2D eigenvalue weighted by Gasteiger charge is 2.16. The lowest BCUT2D eigenvalue weighted by Crippen LogP contribution is -2.30. The van der Waals surface area contributed by atoms with Gasteiger partial charge in [-0.05, 0) is 41.8 Å². The Morgan fingerprint density at radius 3 is 2.24 bits per heavy atom. The van der Waals surface area contributed by atoms with Crippen molar-refractivity contribution in [2.24, 2.45) is 0 Å². The molecule has 0 saturated heterocycles. The van der Waals surface area contributed by atoms with Gasteiger partial charge in [0, 0.05) is 12.1 Å². The molecule has 0 aliphatic carbocycles. The molecule has 0 fully saturated rings. The van der Waals surface area contributed by atoms with Crippen molar-refractivity contribution in [1.29, 1.82) is 0 Å². The van der Waals surface area contributed by atoms with Gasteiger partial charge >= 0.3 is 5.97 Å². The Hall–Kier alpha value is -4.06. The molecule has 0 radical (unpaired) electrons. The fourth-order valence-electron chi connectivity index (χ4n) is 3.22. The second-order valence-corrected chi connectivity index (χ2v) is 7.19. The number of methoxy groups -OCH3 is 2. The zero-order valence-electron chi connectivity index (χ0n) is 18.7. The average Bonchev–Trinajstić information content (AvgIpc) is 2.87. The predicted octanol–water partition coefficient (Wildman–Crippen LogP) is 4.15. The maximum atomic E-state index is 12.9. The molecule has 0 heterocycles. The fraction of sp³-hybridized carbons (Fsp3) is 0.185. The molecule has 0 aromatic heterocycles. The highest BCUT2D eigenvalue weighted by Crippen LogP contribution is 2.25. The molecule has 33 heavy (non-hydrogen) atoms. The molecule has 0 aliphatic rings. The summed E-state index contributed by atoms with van der Waals surface area (Å²) in [6, 6.07) is 24.2. The van der Waals surface area contributed by atoms with Gasteiger partial charge in [-0.3, -0.25) is 4.79 Å². The lowest BCUT2D eigenvalue weighted by Gasteiger charge is -2.11. The Morgan fingerprint density at radius 1 is 0.848 bits per heavy atom. The summed E-state index contributed by atoms with van der Waals surface area (Å²) in [5, 5.41) is 2.77. The topological polar surface area (TPSA) is 73.9 Å². The Balaban J connectivity index is 1.61. The van der Waals surface area contributed by atoms with Gasteiger partial charge in [0.2, 0.25) is 0 Å². The smallest absolute Gasteiger partial charge is 0.339 e. The molecule has 0 spiro atoms. The summed E-state index contributed by atoms with van der Waals surface area (Å²) < 4.78 is 15.8. The molecule has 1 N–H and O–H groups in total. The molecule has 6 nitrogen and oxygen atoms in total. The summed E-state index contributed by atoms with van der Waals surface area (Å²) in [7, 11) is 3.19. The number of rotatable bonds is 10. The molecule has 6 heteroatoms. The largest absolute Gasteiger partial charge is 0.497 e. The van der Waals surface area contributed by atoms with Crippen molar-refractivity contribution < 1.29 is 23.8 Å². The summed E-state index contributed by atoms with van der Waals surface area (Å²) in [4.78, 5) is 25.1. The predicted molar refractivity (Wildman–Crippen MR) is 128 cm³/mol. The minimum absolute atomic E-state index is 0.339. The van der Waals surface area contributed by atoms with Crippen LogP contribution in [0.15, 0.2) is 78.9 Å². The second-order valence-electron chi connectivity index (χ2n) is 7.19. The Morgan fingerprint density at radius 2 is 1.55 bits per heavy atom. The third-order valence-electron chi connectivity index (χ3n) is 4.97. The van der Waals surface area contributed by atoms with E-state index in [1.54, 1.807) is 20.3 Å². The van der Waals surface area contributed by atoms with E-state index in [4.69, 9.17) is 14.2 Å². The van der Waals surface area contributed by atoms with Gasteiger partial charge in [-0.1, -0.05) is 60.7 Å². The Bertz CT molecular complexity index is 1090. The van der Waals surface area contributed by atoms with Crippen LogP contribution in [-0.4, -0.2) is 39.2 Å². The van der Waals surface area contributed by atoms with Crippen LogP contribution < -0.4 is 14.8 Å². The summed E-state index contributed by atoms with van der Waals surface area (Å²) in [6.45, 7) is 0.0723. The number of para-hydroxylation sites is 1. The lowest BCUT2D eigenvalue weighted by atomic mass is 10.0. The van der Waals surface area contributed by atoms with E-state index in [0.717, 1.165) is 16.9 Å². The molecular weight excluding hydrogens is 418 g/mol. The first-order chi connectivity index (χ1) is 16.1. The molecule has 3 aromatic rings. The first-order valence-electron chi connectivity index (χ1n) is 10.6. The van der Waals surface area contributed by atoms with Gasteiger partial charge in [0.15, 0.2) is 6.61 Å². The molecule has 3 rings (SSSR count). The highest BCUT2D eigenvalue weighted by atomic mass is 16.5. The van der Waals surface area contributed by atoms with Crippen LogP contribution in [0, 0.1) is 0 Å². The van der Waals surface area contributed by atoms with E-state index in [0.29, 0.717) is 29.9 Å². The van der Waals surface area contributed by atoms with Crippen molar-refractivity contribution in [2.45, 2.75) is 6.42 Å².